The first-order valence-corrected chi connectivity index (χ1v) is 9.78. The molecule has 1 aliphatic heterocycles. The maximum Gasteiger partial charge on any atom is 0.255 e. The van der Waals surface area contributed by atoms with Crippen molar-refractivity contribution in [2.45, 2.75) is 44.7 Å². The molecule has 128 valence electrons. The van der Waals surface area contributed by atoms with Gasteiger partial charge in [0.15, 0.2) is 0 Å². The molecule has 2 aromatic rings. The minimum absolute atomic E-state index is 0.202. The van der Waals surface area contributed by atoms with Crippen LogP contribution in [-0.4, -0.2) is 57.6 Å². The topological polar surface area (TPSA) is 52.2 Å². The number of likely N-dealkylation sites (N-methyl/N-ethyl adjacent to an activating group) is 1. The summed E-state index contributed by atoms with van der Waals surface area (Å²) < 4.78 is 0. The van der Waals surface area contributed by atoms with Crippen molar-refractivity contribution < 1.29 is 4.79 Å². The smallest absolute Gasteiger partial charge is 0.255 e. The molecule has 6 heteroatoms. The van der Waals surface area contributed by atoms with Crippen LogP contribution in [0.25, 0.3) is 10.4 Å². The lowest BCUT2D eigenvalue weighted by Crippen LogP contribution is -2.61. The van der Waals surface area contributed by atoms with E-state index in [1.165, 1.54) is 19.3 Å². The quantitative estimate of drug-likeness (QED) is 0.930. The van der Waals surface area contributed by atoms with E-state index in [0.717, 1.165) is 42.1 Å². The molecule has 0 spiro atoms. The van der Waals surface area contributed by atoms with Crippen molar-refractivity contribution in [3.8, 4) is 10.4 Å². The Labute approximate surface area is 146 Å². The number of amides is 1. The Bertz CT molecular complexity index is 696. The molecule has 1 saturated carbocycles. The minimum atomic E-state index is 0.202. The van der Waals surface area contributed by atoms with E-state index in [2.05, 4.69) is 26.9 Å². The van der Waals surface area contributed by atoms with E-state index >= 15 is 0 Å². The minimum Gasteiger partial charge on any atom is -0.333 e. The van der Waals surface area contributed by atoms with Gasteiger partial charge in [0.25, 0.3) is 5.91 Å². The number of carbonyl (C=O) groups excluding carboxylic acids is 1. The fourth-order valence-corrected chi connectivity index (χ4v) is 5.11. The zero-order valence-electron chi connectivity index (χ0n) is 14.1. The van der Waals surface area contributed by atoms with E-state index < -0.39 is 0 Å². The molecule has 2 fully saturated rings. The first-order valence-electron chi connectivity index (χ1n) is 8.90. The molecule has 1 amide bonds. The van der Waals surface area contributed by atoms with Crippen molar-refractivity contribution in [1.29, 1.82) is 0 Å². The highest BCUT2D eigenvalue weighted by Crippen LogP contribution is 2.33. The third-order valence-corrected chi connectivity index (χ3v) is 6.47. The van der Waals surface area contributed by atoms with Crippen LogP contribution in [-0.2, 0) is 0 Å². The average molecular weight is 344 g/mol. The molecule has 2 aromatic heterocycles. The summed E-state index contributed by atoms with van der Waals surface area (Å²) in [6, 6.07) is 2.95. The number of rotatable bonds is 3. The fourth-order valence-electron chi connectivity index (χ4n) is 4.25. The zero-order valence-corrected chi connectivity index (χ0v) is 14.9. The van der Waals surface area contributed by atoms with Gasteiger partial charge in [0.05, 0.1) is 11.8 Å². The summed E-state index contributed by atoms with van der Waals surface area (Å²) in [4.78, 5) is 18.9. The highest BCUT2D eigenvalue weighted by Gasteiger charge is 2.39. The van der Waals surface area contributed by atoms with Gasteiger partial charge in [0.1, 0.15) is 0 Å². The number of nitrogens with one attached hydrogen (secondary N) is 1. The molecule has 0 bridgehead atoms. The van der Waals surface area contributed by atoms with Crippen molar-refractivity contribution in [3.63, 3.8) is 0 Å². The van der Waals surface area contributed by atoms with Crippen LogP contribution in [0.2, 0.25) is 0 Å². The van der Waals surface area contributed by atoms with Crippen molar-refractivity contribution in [3.05, 3.63) is 29.4 Å². The van der Waals surface area contributed by atoms with Crippen molar-refractivity contribution in [1.82, 2.24) is 20.0 Å². The zero-order chi connectivity index (χ0) is 16.5. The summed E-state index contributed by atoms with van der Waals surface area (Å²) in [5.41, 5.74) is 1.87. The summed E-state index contributed by atoms with van der Waals surface area (Å²) in [6.07, 6.45) is 8.58. The molecule has 1 N–H and O–H groups in total. The Morgan fingerprint density at radius 3 is 2.92 bits per heavy atom. The number of nitrogens with zero attached hydrogens (tertiary/aromatic N) is 3. The van der Waals surface area contributed by atoms with Gasteiger partial charge in [0.2, 0.25) is 0 Å². The van der Waals surface area contributed by atoms with Gasteiger partial charge < -0.3 is 4.90 Å². The summed E-state index contributed by atoms with van der Waals surface area (Å²) in [5.74, 6) is 0.202. The Balaban J connectivity index is 1.55. The van der Waals surface area contributed by atoms with Gasteiger partial charge in [-0.2, -0.15) is 5.10 Å². The molecule has 5 nitrogen and oxygen atoms in total. The second-order valence-corrected chi connectivity index (χ2v) is 7.64. The largest absolute Gasteiger partial charge is 0.333 e. The lowest BCUT2D eigenvalue weighted by atomic mass is 9.86. The lowest BCUT2D eigenvalue weighted by molar-refractivity contribution is 0.00330. The molecule has 3 heterocycles. The summed E-state index contributed by atoms with van der Waals surface area (Å²) >= 11 is 1.62. The van der Waals surface area contributed by atoms with Gasteiger partial charge in [-0.3, -0.25) is 14.8 Å². The number of piperazine rings is 1. The van der Waals surface area contributed by atoms with E-state index in [4.69, 9.17) is 0 Å². The Morgan fingerprint density at radius 2 is 2.17 bits per heavy atom. The number of carbonyl (C=O) groups is 1. The van der Waals surface area contributed by atoms with Crippen LogP contribution < -0.4 is 0 Å². The molecule has 2 atom stereocenters. The molecular weight excluding hydrogens is 320 g/mol. The number of hydrogen-bond donors (Lipinski definition) is 1. The predicted molar refractivity (Wildman–Crippen MR) is 96.2 cm³/mol. The SMILES string of the molecule is CCN1CCN(C(=O)c2csc(-c3cn[nH]c3)c2)C2CCCCC21. The number of hydrogen-bond acceptors (Lipinski definition) is 4. The van der Waals surface area contributed by atoms with E-state index in [1.54, 1.807) is 17.5 Å². The third-order valence-electron chi connectivity index (χ3n) is 5.49. The number of aromatic amines is 1. The highest BCUT2D eigenvalue weighted by atomic mass is 32.1. The molecule has 1 saturated heterocycles. The lowest BCUT2D eigenvalue weighted by Gasteiger charge is -2.49. The Morgan fingerprint density at radius 1 is 1.33 bits per heavy atom. The first kappa shape index (κ1) is 15.8. The number of thiophene rings is 1. The van der Waals surface area contributed by atoms with Gasteiger partial charge in [0, 0.05) is 47.2 Å². The van der Waals surface area contributed by atoms with Gasteiger partial charge in [-0.15, -0.1) is 11.3 Å². The van der Waals surface area contributed by atoms with Crippen molar-refractivity contribution in [2.24, 2.45) is 0 Å². The normalized spacial score (nSPS) is 24.8. The van der Waals surface area contributed by atoms with Crippen LogP contribution >= 0.6 is 11.3 Å². The Kier molecular flexibility index (Phi) is 4.41. The summed E-state index contributed by atoms with van der Waals surface area (Å²) in [7, 11) is 0. The summed E-state index contributed by atoms with van der Waals surface area (Å²) in [5, 5.41) is 8.82. The highest BCUT2D eigenvalue weighted by molar-refractivity contribution is 7.13. The second kappa shape index (κ2) is 6.69. The van der Waals surface area contributed by atoms with Crippen LogP contribution in [0.4, 0.5) is 0 Å². The average Bonchev–Trinajstić information content (AvgIpc) is 3.31. The molecule has 24 heavy (non-hydrogen) atoms. The van der Waals surface area contributed by atoms with Crippen LogP contribution in [0.3, 0.4) is 0 Å². The van der Waals surface area contributed by atoms with Crippen LogP contribution in [0.15, 0.2) is 23.8 Å². The molecule has 4 rings (SSSR count). The maximum atomic E-state index is 13.1. The standard InChI is InChI=1S/C18H24N4OS/c1-2-21-7-8-22(16-6-4-3-5-15(16)21)18(23)13-9-17(24-12-13)14-10-19-20-11-14/h9-12,15-16H,2-8H2,1H3,(H,19,20). The molecular formula is C18H24N4OS. The fraction of sp³-hybridized carbons (Fsp3) is 0.556. The monoisotopic (exact) mass is 344 g/mol. The maximum absolute atomic E-state index is 13.1. The summed E-state index contributed by atoms with van der Waals surface area (Å²) in [6.45, 7) is 5.18. The molecule has 2 aliphatic rings. The Hall–Kier alpha value is -1.66. The van der Waals surface area contributed by atoms with E-state index in [9.17, 15) is 4.79 Å². The second-order valence-electron chi connectivity index (χ2n) is 6.73. The molecule has 0 aromatic carbocycles. The van der Waals surface area contributed by atoms with Crippen LogP contribution in [0, 0.1) is 0 Å². The number of H-pyrrole nitrogens is 1. The molecule has 2 unspecified atom stereocenters. The van der Waals surface area contributed by atoms with Crippen molar-refractivity contribution >= 4 is 17.2 Å². The van der Waals surface area contributed by atoms with Crippen molar-refractivity contribution in [2.75, 3.05) is 19.6 Å². The van der Waals surface area contributed by atoms with E-state index in [-0.39, 0.29) is 5.91 Å². The molecule has 0 radical (unpaired) electrons. The number of fused-ring (bicyclic) bond motifs is 1. The third kappa shape index (κ3) is 2.78. The number of aromatic nitrogens is 2. The molecule has 1 aliphatic carbocycles. The van der Waals surface area contributed by atoms with E-state index in [0.29, 0.717) is 12.1 Å². The van der Waals surface area contributed by atoms with Crippen LogP contribution in [0.1, 0.15) is 43.0 Å². The predicted octanol–water partition coefficient (Wildman–Crippen LogP) is 3.23. The van der Waals surface area contributed by atoms with Gasteiger partial charge in [-0.05, 0) is 25.5 Å². The van der Waals surface area contributed by atoms with Gasteiger partial charge >= 0.3 is 0 Å². The first-order chi connectivity index (χ1) is 11.8. The van der Waals surface area contributed by atoms with E-state index in [1.807, 2.05) is 17.6 Å². The van der Waals surface area contributed by atoms with Gasteiger partial charge in [-0.25, -0.2) is 0 Å². The van der Waals surface area contributed by atoms with Gasteiger partial charge in [-0.1, -0.05) is 19.8 Å². The van der Waals surface area contributed by atoms with Crippen LogP contribution in [0.5, 0.6) is 0 Å².